The molecule has 4 aromatic heterocycles. The van der Waals surface area contributed by atoms with E-state index >= 15 is 0 Å². The Morgan fingerprint density at radius 2 is 1.15 bits per heavy atom. The fraction of sp³-hybridized carbons (Fsp3) is 0.479. The van der Waals surface area contributed by atoms with Crippen LogP contribution < -0.4 is 14.5 Å². The summed E-state index contributed by atoms with van der Waals surface area (Å²) in [6.45, 7) is 24.3. The lowest BCUT2D eigenvalue weighted by molar-refractivity contribution is -0.145. The van der Waals surface area contributed by atoms with Crippen molar-refractivity contribution < 1.29 is 38.3 Å². The number of phenolic OH excluding ortho intramolecular Hbond substituents is 1. The van der Waals surface area contributed by atoms with E-state index in [1.807, 2.05) is 58.2 Å². The Balaban J connectivity index is 0.000000199. The van der Waals surface area contributed by atoms with E-state index in [2.05, 4.69) is 71.2 Å². The van der Waals surface area contributed by atoms with Gasteiger partial charge in [-0.2, -0.15) is 10.2 Å². The molecule has 6 heterocycles. The number of pyridine rings is 2. The van der Waals surface area contributed by atoms with Crippen molar-refractivity contribution in [1.29, 1.82) is 0 Å². The van der Waals surface area contributed by atoms with Gasteiger partial charge < -0.3 is 43.3 Å². The Bertz CT molecular complexity index is 2530. The molecule has 2 aromatic carbocycles. The Hall–Kier alpha value is -5.38. The third kappa shape index (κ3) is 13.4. The number of aromatic nitrogens is 6. The SMILES string of the molecule is CCOC(=O)COc1ccc2c(c1)c(-c1ccnc(N3CCOCC3)c1)nn2COCC[Si](C)(C)C.C[Si](C)(C)CCOCn1nc(-c2ccnc(N3CCOCC3)c2)c2cc(O)ccc21. The third-order valence-corrected chi connectivity index (χ3v) is 14.7. The summed E-state index contributed by atoms with van der Waals surface area (Å²) >= 11 is 0. The van der Waals surface area contributed by atoms with Gasteiger partial charge in [-0.25, -0.2) is 24.1 Å². The van der Waals surface area contributed by atoms with E-state index in [4.69, 9.17) is 38.6 Å². The number of ether oxygens (including phenoxy) is 6. The Labute approximate surface area is 389 Å². The molecule has 2 aliphatic rings. The predicted octanol–water partition coefficient (Wildman–Crippen LogP) is 8.14. The first-order valence-corrected chi connectivity index (χ1v) is 30.4. The van der Waals surface area contributed by atoms with Crippen molar-refractivity contribution in [1.82, 2.24) is 29.5 Å². The van der Waals surface area contributed by atoms with E-state index in [0.717, 1.165) is 101 Å². The van der Waals surface area contributed by atoms with Gasteiger partial charge >= 0.3 is 5.97 Å². The summed E-state index contributed by atoms with van der Waals surface area (Å²) in [6, 6.07) is 21.4. The summed E-state index contributed by atoms with van der Waals surface area (Å²) in [5.41, 5.74) is 5.46. The van der Waals surface area contributed by atoms with E-state index in [9.17, 15) is 9.90 Å². The molecule has 8 rings (SSSR count). The van der Waals surface area contributed by atoms with Crippen LogP contribution in [0.2, 0.25) is 51.4 Å². The van der Waals surface area contributed by atoms with Gasteiger partial charge in [0, 0.05) is 89.8 Å². The van der Waals surface area contributed by atoms with Crippen LogP contribution in [0.15, 0.2) is 73.1 Å². The number of benzene rings is 2. The van der Waals surface area contributed by atoms with Crippen molar-refractivity contribution in [2.75, 3.05) is 88.8 Å². The van der Waals surface area contributed by atoms with Gasteiger partial charge in [0.15, 0.2) is 6.61 Å². The van der Waals surface area contributed by atoms with Gasteiger partial charge in [0.25, 0.3) is 0 Å². The zero-order valence-electron chi connectivity index (χ0n) is 39.6. The predicted molar refractivity (Wildman–Crippen MR) is 264 cm³/mol. The molecule has 0 bridgehead atoms. The molecule has 354 valence electrons. The van der Waals surface area contributed by atoms with Gasteiger partial charge in [-0.3, -0.25) is 0 Å². The number of aromatic hydroxyl groups is 1. The van der Waals surface area contributed by atoms with Crippen LogP contribution in [0.3, 0.4) is 0 Å². The monoisotopic (exact) mass is 938 g/mol. The number of hydrogen-bond acceptors (Lipinski definition) is 14. The fourth-order valence-corrected chi connectivity index (χ4v) is 9.02. The maximum atomic E-state index is 11.8. The highest BCUT2D eigenvalue weighted by Crippen LogP contribution is 2.34. The molecule has 66 heavy (non-hydrogen) atoms. The number of carbonyl (C=O) groups is 1. The minimum absolute atomic E-state index is 0.140. The summed E-state index contributed by atoms with van der Waals surface area (Å²) in [4.78, 5) is 25.4. The average Bonchev–Trinajstić information content (AvgIpc) is 3.86. The molecule has 6 aromatic rings. The lowest BCUT2D eigenvalue weighted by Gasteiger charge is -2.27. The second kappa shape index (κ2) is 22.4. The van der Waals surface area contributed by atoms with Crippen LogP contribution in [0.4, 0.5) is 11.6 Å². The quantitative estimate of drug-likeness (QED) is 0.0500. The Morgan fingerprint density at radius 3 is 1.64 bits per heavy atom. The molecule has 1 N–H and O–H groups in total. The van der Waals surface area contributed by atoms with Gasteiger partial charge in [0.1, 0.15) is 48.0 Å². The van der Waals surface area contributed by atoms with Gasteiger partial charge in [-0.05, 0) is 79.7 Å². The summed E-state index contributed by atoms with van der Waals surface area (Å²) in [6.07, 6.45) is 3.63. The molecule has 2 aliphatic heterocycles. The first-order valence-electron chi connectivity index (χ1n) is 23.0. The molecular formula is C48H66N8O8Si2. The normalized spacial score (nSPS) is 14.7. The largest absolute Gasteiger partial charge is 0.508 e. The standard InChI is InChI=1S/C26H36N4O5Si.C22H30N4O3Si/c1-5-34-25(31)18-35-21-6-7-23-22(17-21)26(28-30(23)19-33-14-15-36(2,3)4)20-8-9-27-24(16-20)29-10-12-32-13-11-29;1-30(2,3)13-12-29-16-26-20-5-4-18(27)15-19(20)22(24-26)17-6-7-23-21(14-17)25-8-10-28-11-9-25/h6-9,16-17H,5,10-15,18-19H2,1-4H3;4-7,14-15,27H,8-13,16H2,1-3H3. The number of nitrogens with zero attached hydrogens (tertiary/aromatic N) is 8. The molecule has 0 atom stereocenters. The van der Waals surface area contributed by atoms with Crippen LogP contribution >= 0.6 is 0 Å². The number of carbonyl (C=O) groups excluding carboxylic acids is 1. The second-order valence-electron chi connectivity index (χ2n) is 18.9. The molecule has 0 spiro atoms. The van der Waals surface area contributed by atoms with Crippen molar-refractivity contribution in [3.05, 3.63) is 73.1 Å². The summed E-state index contributed by atoms with van der Waals surface area (Å²) in [5.74, 6) is 2.24. The molecule has 0 radical (unpaired) electrons. The summed E-state index contributed by atoms with van der Waals surface area (Å²) < 4.78 is 37.4. The van der Waals surface area contributed by atoms with Crippen LogP contribution in [0.1, 0.15) is 6.92 Å². The number of phenols is 1. The average molecular weight is 939 g/mol. The number of fused-ring (bicyclic) bond motifs is 2. The van der Waals surface area contributed by atoms with Crippen molar-refractivity contribution in [2.24, 2.45) is 0 Å². The van der Waals surface area contributed by atoms with Gasteiger partial charge in [0.2, 0.25) is 0 Å². The molecule has 0 unspecified atom stereocenters. The molecule has 0 saturated carbocycles. The molecule has 16 nitrogen and oxygen atoms in total. The molecule has 0 amide bonds. The third-order valence-electron chi connectivity index (χ3n) is 11.2. The second-order valence-corrected chi connectivity index (χ2v) is 30.1. The maximum absolute atomic E-state index is 11.8. The number of rotatable bonds is 18. The van der Waals surface area contributed by atoms with Crippen molar-refractivity contribution >= 4 is 55.6 Å². The number of morpholine rings is 2. The number of anilines is 2. The molecule has 2 fully saturated rings. The van der Waals surface area contributed by atoms with Crippen molar-refractivity contribution in [3.8, 4) is 34.0 Å². The minimum Gasteiger partial charge on any atom is -0.508 e. The van der Waals surface area contributed by atoms with Crippen molar-refractivity contribution in [3.63, 3.8) is 0 Å². The zero-order valence-corrected chi connectivity index (χ0v) is 41.6. The van der Waals surface area contributed by atoms with E-state index in [1.165, 1.54) is 0 Å². The first-order chi connectivity index (χ1) is 31.7. The molecule has 0 aliphatic carbocycles. The maximum Gasteiger partial charge on any atom is 0.344 e. The zero-order chi connectivity index (χ0) is 46.7. The van der Waals surface area contributed by atoms with E-state index < -0.39 is 22.1 Å². The van der Waals surface area contributed by atoms with Crippen LogP contribution in [-0.4, -0.2) is 136 Å². The summed E-state index contributed by atoms with van der Waals surface area (Å²) in [5, 5.41) is 21.7. The van der Waals surface area contributed by atoms with Gasteiger partial charge in [-0.15, -0.1) is 0 Å². The fourth-order valence-electron chi connectivity index (χ4n) is 7.50. The van der Waals surface area contributed by atoms with Gasteiger partial charge in [-0.1, -0.05) is 39.3 Å². The lowest BCUT2D eigenvalue weighted by Crippen LogP contribution is -2.36. The minimum atomic E-state index is -1.18. The number of esters is 1. The molecule has 2 saturated heterocycles. The first kappa shape index (κ1) is 48.6. The topological polar surface area (TPSA) is 161 Å². The van der Waals surface area contributed by atoms with E-state index in [-0.39, 0.29) is 12.4 Å². The van der Waals surface area contributed by atoms with Crippen LogP contribution in [0.25, 0.3) is 44.3 Å². The molecular weight excluding hydrogens is 873 g/mol. The van der Waals surface area contributed by atoms with Gasteiger partial charge in [0.05, 0.1) is 44.1 Å². The summed E-state index contributed by atoms with van der Waals surface area (Å²) in [7, 11) is -2.32. The highest BCUT2D eigenvalue weighted by atomic mass is 28.3. The lowest BCUT2D eigenvalue weighted by atomic mass is 10.1. The number of hydrogen-bond donors (Lipinski definition) is 1. The van der Waals surface area contributed by atoms with E-state index in [0.29, 0.717) is 58.9 Å². The van der Waals surface area contributed by atoms with Crippen molar-refractivity contribution in [2.45, 2.75) is 71.8 Å². The highest BCUT2D eigenvalue weighted by molar-refractivity contribution is 6.76. The van der Waals surface area contributed by atoms with Crippen LogP contribution in [-0.2, 0) is 41.9 Å². The van der Waals surface area contributed by atoms with Crippen LogP contribution in [0.5, 0.6) is 11.5 Å². The molecule has 18 heteroatoms. The van der Waals surface area contributed by atoms with E-state index in [1.54, 1.807) is 19.1 Å². The Kier molecular flexibility index (Phi) is 16.5. The highest BCUT2D eigenvalue weighted by Gasteiger charge is 2.21. The smallest absolute Gasteiger partial charge is 0.344 e. The van der Waals surface area contributed by atoms with Crippen LogP contribution in [0, 0.1) is 0 Å². The Morgan fingerprint density at radius 1 is 0.667 bits per heavy atom.